The van der Waals surface area contributed by atoms with Crippen LogP contribution < -0.4 is 11.1 Å². The number of likely N-dealkylation sites (N-methyl/N-ethyl adjacent to an activating group) is 1. The number of carbonyl (C=O) groups is 2. The zero-order valence-electron chi connectivity index (χ0n) is 18.5. The molecule has 0 aliphatic rings. The highest BCUT2D eigenvalue weighted by Gasteiger charge is 2.15. The van der Waals surface area contributed by atoms with Crippen LogP contribution in [0.25, 0.3) is 0 Å². The number of primary amides is 1. The van der Waals surface area contributed by atoms with Gasteiger partial charge in [-0.1, -0.05) is 51.9 Å². The van der Waals surface area contributed by atoms with Gasteiger partial charge in [0.15, 0.2) is 0 Å². The molecule has 0 aromatic rings. The van der Waals surface area contributed by atoms with E-state index in [1.54, 1.807) is 0 Å². The van der Waals surface area contributed by atoms with Crippen LogP contribution in [0.1, 0.15) is 90.4 Å². The van der Waals surface area contributed by atoms with Gasteiger partial charge in [0.2, 0.25) is 11.8 Å². The van der Waals surface area contributed by atoms with Gasteiger partial charge in [-0.3, -0.25) is 9.59 Å². The summed E-state index contributed by atoms with van der Waals surface area (Å²) in [5.74, 6) is -0.188. The van der Waals surface area contributed by atoms with Crippen LogP contribution in [0.15, 0.2) is 0 Å². The van der Waals surface area contributed by atoms with Gasteiger partial charge in [-0.25, -0.2) is 0 Å². The van der Waals surface area contributed by atoms with E-state index in [2.05, 4.69) is 12.2 Å². The fraction of sp³-hybridized carbons (Fsp3) is 0.909. The van der Waals surface area contributed by atoms with Gasteiger partial charge in [0, 0.05) is 25.4 Å². The van der Waals surface area contributed by atoms with Crippen LogP contribution in [0.3, 0.4) is 0 Å². The van der Waals surface area contributed by atoms with Gasteiger partial charge in [0.25, 0.3) is 0 Å². The Morgan fingerprint density at radius 2 is 1.54 bits per heavy atom. The molecule has 0 rings (SSSR count). The molecule has 4 N–H and O–H groups in total. The number of hydrogen-bond acceptors (Lipinski definition) is 4. The third kappa shape index (κ3) is 17.0. The lowest BCUT2D eigenvalue weighted by atomic mass is 9.93. The van der Waals surface area contributed by atoms with Crippen molar-refractivity contribution in [1.82, 2.24) is 10.2 Å². The number of aliphatic hydroxyl groups is 1. The highest BCUT2D eigenvalue weighted by atomic mass is 16.3. The lowest BCUT2D eigenvalue weighted by Crippen LogP contribution is -2.31. The largest absolute Gasteiger partial charge is 0.393 e. The first-order valence-corrected chi connectivity index (χ1v) is 11.3. The molecule has 0 spiro atoms. The molecule has 0 fully saturated rings. The smallest absolute Gasteiger partial charge is 0.220 e. The molecule has 0 saturated carbocycles. The summed E-state index contributed by atoms with van der Waals surface area (Å²) in [6, 6.07) is 0. The fourth-order valence-electron chi connectivity index (χ4n) is 3.34. The number of aliphatic hydroxyl groups excluding tert-OH is 1. The number of unbranched alkanes of at least 4 members (excludes halogenated alkanes) is 5. The molecule has 166 valence electrons. The summed E-state index contributed by atoms with van der Waals surface area (Å²) in [7, 11) is 3.97. The van der Waals surface area contributed by atoms with Crippen LogP contribution in [-0.4, -0.2) is 55.1 Å². The van der Waals surface area contributed by atoms with E-state index in [9.17, 15) is 14.7 Å². The van der Waals surface area contributed by atoms with E-state index < -0.39 is 0 Å². The second-order valence-electron chi connectivity index (χ2n) is 8.29. The highest BCUT2D eigenvalue weighted by Crippen LogP contribution is 2.19. The van der Waals surface area contributed by atoms with Crippen molar-refractivity contribution in [2.24, 2.45) is 11.7 Å². The molecule has 0 aliphatic heterocycles. The van der Waals surface area contributed by atoms with Gasteiger partial charge in [0.05, 0.1) is 6.10 Å². The molecule has 6 nitrogen and oxygen atoms in total. The van der Waals surface area contributed by atoms with Crippen molar-refractivity contribution in [2.75, 3.05) is 27.2 Å². The quantitative estimate of drug-likeness (QED) is 0.291. The molecule has 0 aromatic carbocycles. The van der Waals surface area contributed by atoms with Crippen LogP contribution >= 0.6 is 0 Å². The molecule has 0 radical (unpaired) electrons. The van der Waals surface area contributed by atoms with Crippen molar-refractivity contribution in [3.05, 3.63) is 0 Å². The van der Waals surface area contributed by atoms with E-state index >= 15 is 0 Å². The second kappa shape index (κ2) is 17.9. The van der Waals surface area contributed by atoms with E-state index in [1.807, 2.05) is 19.0 Å². The number of nitrogens with one attached hydrogen (secondary N) is 1. The number of amides is 2. The predicted octanol–water partition coefficient (Wildman–Crippen LogP) is 3.22. The van der Waals surface area contributed by atoms with Gasteiger partial charge in [-0.2, -0.15) is 0 Å². The molecular weight excluding hydrogens is 354 g/mol. The number of hydrogen-bond donors (Lipinski definition) is 3. The van der Waals surface area contributed by atoms with Gasteiger partial charge < -0.3 is 21.1 Å². The molecule has 6 heteroatoms. The summed E-state index contributed by atoms with van der Waals surface area (Å²) in [6.07, 6.45) is 11.7. The van der Waals surface area contributed by atoms with Crippen LogP contribution in [0, 0.1) is 5.92 Å². The number of carbonyl (C=O) groups excluding carboxylic acids is 2. The molecule has 0 saturated heterocycles. The summed E-state index contributed by atoms with van der Waals surface area (Å²) in [6.45, 7) is 3.71. The predicted molar refractivity (Wildman–Crippen MR) is 116 cm³/mol. The van der Waals surface area contributed by atoms with E-state index in [1.165, 1.54) is 6.42 Å². The summed E-state index contributed by atoms with van der Waals surface area (Å²) in [4.78, 5) is 25.4. The van der Waals surface area contributed by atoms with Crippen LogP contribution in [0.5, 0.6) is 0 Å². The molecule has 2 amide bonds. The Hall–Kier alpha value is -1.14. The van der Waals surface area contributed by atoms with E-state index in [-0.39, 0.29) is 23.8 Å². The van der Waals surface area contributed by atoms with Crippen molar-refractivity contribution < 1.29 is 14.7 Å². The molecule has 0 bridgehead atoms. The maximum absolute atomic E-state index is 11.7. The second-order valence-corrected chi connectivity index (χ2v) is 8.29. The zero-order chi connectivity index (χ0) is 21.2. The van der Waals surface area contributed by atoms with Gasteiger partial charge in [-0.05, 0) is 46.2 Å². The molecule has 28 heavy (non-hydrogen) atoms. The molecule has 2 atom stereocenters. The van der Waals surface area contributed by atoms with E-state index in [0.717, 1.165) is 77.2 Å². The van der Waals surface area contributed by atoms with Crippen LogP contribution in [-0.2, 0) is 9.59 Å². The fourth-order valence-corrected chi connectivity index (χ4v) is 3.34. The monoisotopic (exact) mass is 399 g/mol. The molecule has 2 unspecified atom stereocenters. The zero-order valence-corrected chi connectivity index (χ0v) is 18.5. The van der Waals surface area contributed by atoms with Crippen LogP contribution in [0.2, 0.25) is 0 Å². The first kappa shape index (κ1) is 26.9. The number of nitrogens with two attached hydrogens (primary N) is 1. The summed E-state index contributed by atoms with van der Waals surface area (Å²) in [5, 5.41) is 12.9. The van der Waals surface area contributed by atoms with Crippen molar-refractivity contribution in [3.8, 4) is 0 Å². The summed E-state index contributed by atoms with van der Waals surface area (Å²) >= 11 is 0. The maximum atomic E-state index is 11.7. The minimum Gasteiger partial charge on any atom is -0.393 e. The van der Waals surface area contributed by atoms with Gasteiger partial charge in [-0.15, -0.1) is 0 Å². The average Bonchev–Trinajstić information content (AvgIpc) is 2.62. The molecule has 0 heterocycles. The standard InChI is InChI=1S/C22H45N3O3/c1-4-5-8-14-20(26)15-11-13-19(22(23)28)12-9-6-7-10-16-21(27)24-17-18-25(2)3/h19-20,26H,4-18H2,1-3H3,(H2,23,28)(H,24,27). The van der Waals surface area contributed by atoms with Gasteiger partial charge in [0.1, 0.15) is 0 Å². The van der Waals surface area contributed by atoms with Crippen molar-refractivity contribution in [2.45, 2.75) is 96.5 Å². The Morgan fingerprint density at radius 3 is 2.18 bits per heavy atom. The average molecular weight is 400 g/mol. The highest BCUT2D eigenvalue weighted by molar-refractivity contribution is 5.76. The third-order valence-electron chi connectivity index (χ3n) is 5.22. The minimum absolute atomic E-state index is 0.0860. The summed E-state index contributed by atoms with van der Waals surface area (Å²) in [5.41, 5.74) is 5.54. The lowest BCUT2D eigenvalue weighted by Gasteiger charge is -2.15. The summed E-state index contributed by atoms with van der Waals surface area (Å²) < 4.78 is 0. The Labute approximate surface area is 172 Å². The number of rotatable bonds is 19. The van der Waals surface area contributed by atoms with Crippen molar-refractivity contribution >= 4 is 11.8 Å². The molecular formula is C22H45N3O3. The lowest BCUT2D eigenvalue weighted by molar-refractivity contribution is -0.122. The Balaban J connectivity index is 3.73. The normalized spacial score (nSPS) is 13.5. The Kier molecular flexibility index (Phi) is 17.2. The third-order valence-corrected chi connectivity index (χ3v) is 5.22. The van der Waals surface area contributed by atoms with E-state index in [4.69, 9.17) is 5.73 Å². The number of nitrogens with zero attached hydrogens (tertiary/aromatic N) is 1. The SMILES string of the molecule is CCCCCC(O)CCCC(CCCCCCC(=O)NCCN(C)C)C(N)=O. The molecule has 0 aliphatic carbocycles. The first-order chi connectivity index (χ1) is 13.4. The van der Waals surface area contributed by atoms with Gasteiger partial charge >= 0.3 is 0 Å². The Morgan fingerprint density at radius 1 is 0.929 bits per heavy atom. The molecule has 0 aromatic heterocycles. The minimum atomic E-state index is -0.246. The Bertz CT molecular complexity index is 402. The topological polar surface area (TPSA) is 95.7 Å². The van der Waals surface area contributed by atoms with Crippen molar-refractivity contribution in [3.63, 3.8) is 0 Å². The van der Waals surface area contributed by atoms with Crippen molar-refractivity contribution in [1.29, 1.82) is 0 Å². The van der Waals surface area contributed by atoms with E-state index in [0.29, 0.717) is 13.0 Å². The maximum Gasteiger partial charge on any atom is 0.220 e. The first-order valence-electron chi connectivity index (χ1n) is 11.3. The van der Waals surface area contributed by atoms with Crippen LogP contribution in [0.4, 0.5) is 0 Å².